The van der Waals surface area contributed by atoms with E-state index in [4.69, 9.17) is 5.11 Å². The number of aromatic nitrogens is 3. The van der Waals surface area contributed by atoms with Gasteiger partial charge in [-0.2, -0.15) is 18.3 Å². The Hall–Kier alpha value is -1.11. The molecule has 68 valence electrons. The van der Waals surface area contributed by atoms with Crippen molar-refractivity contribution in [2.75, 3.05) is 0 Å². The first-order chi connectivity index (χ1) is 5.36. The van der Waals surface area contributed by atoms with Crippen molar-refractivity contribution in [3.8, 4) is 0 Å². The summed E-state index contributed by atoms with van der Waals surface area (Å²) in [5.41, 5.74) is -2.97. The minimum atomic E-state index is -4.76. The van der Waals surface area contributed by atoms with Crippen molar-refractivity contribution < 1.29 is 18.3 Å². The van der Waals surface area contributed by atoms with Gasteiger partial charge in [0, 0.05) is 0 Å². The van der Waals surface area contributed by atoms with Crippen LogP contribution in [0.3, 0.4) is 0 Å². The third-order valence-electron chi connectivity index (χ3n) is 1.43. The predicted octanol–water partition coefficient (Wildman–Crippen LogP) is 0.574. The van der Waals surface area contributed by atoms with Crippen molar-refractivity contribution in [3.63, 3.8) is 0 Å². The van der Waals surface area contributed by atoms with Gasteiger partial charge < -0.3 is 5.11 Å². The van der Waals surface area contributed by atoms with Crippen LogP contribution in [0.5, 0.6) is 0 Å². The summed E-state index contributed by atoms with van der Waals surface area (Å²) in [7, 11) is 0. The molecule has 0 bridgehead atoms. The summed E-state index contributed by atoms with van der Waals surface area (Å²) >= 11 is 0. The van der Waals surface area contributed by atoms with Crippen LogP contribution in [0.2, 0.25) is 0 Å². The van der Waals surface area contributed by atoms with E-state index in [0.29, 0.717) is 6.92 Å². The summed E-state index contributed by atoms with van der Waals surface area (Å²) in [4.78, 5) is 3.22. The molecule has 1 aromatic rings. The van der Waals surface area contributed by atoms with Crippen LogP contribution in [0.15, 0.2) is 6.33 Å². The number of rotatable bonds is 1. The molecule has 1 heterocycles. The number of nitrogens with zero attached hydrogens (tertiary/aromatic N) is 2. The second kappa shape index (κ2) is 2.44. The lowest BCUT2D eigenvalue weighted by Gasteiger charge is -2.22. The minimum absolute atomic E-state index is 0.605. The molecule has 0 fully saturated rings. The minimum Gasteiger partial charge on any atom is -0.374 e. The number of hydrogen-bond acceptors (Lipinski definition) is 3. The first-order valence-corrected chi connectivity index (χ1v) is 3.00. The summed E-state index contributed by atoms with van der Waals surface area (Å²) in [6.07, 6.45) is -3.86. The van der Waals surface area contributed by atoms with E-state index in [9.17, 15) is 13.2 Å². The molecule has 0 saturated heterocycles. The third kappa shape index (κ3) is 1.27. The number of aliphatic hydroxyl groups is 1. The summed E-state index contributed by atoms with van der Waals surface area (Å²) < 4.78 is 36.2. The Morgan fingerprint density at radius 1 is 1.50 bits per heavy atom. The average Bonchev–Trinajstić information content (AvgIpc) is 2.34. The van der Waals surface area contributed by atoms with Crippen LogP contribution >= 0.6 is 0 Å². The number of nitrogens with one attached hydrogen (secondary N) is 1. The molecule has 12 heavy (non-hydrogen) atoms. The lowest BCUT2D eigenvalue weighted by Crippen LogP contribution is -2.40. The van der Waals surface area contributed by atoms with Gasteiger partial charge in [0.05, 0.1) is 0 Å². The van der Waals surface area contributed by atoms with Gasteiger partial charge in [-0.15, -0.1) is 0 Å². The fourth-order valence-corrected chi connectivity index (χ4v) is 0.574. The van der Waals surface area contributed by atoms with Gasteiger partial charge in [0.1, 0.15) is 6.33 Å². The van der Waals surface area contributed by atoms with Crippen LogP contribution in [0.4, 0.5) is 13.2 Å². The Morgan fingerprint density at radius 2 is 2.08 bits per heavy atom. The standard InChI is InChI=1S/C5H6F3N3O/c1-4(12,5(6,7)8)3-9-2-10-11-3/h2,12H,1H3,(H,9,10,11). The Bertz CT molecular complexity index is 253. The topological polar surface area (TPSA) is 61.8 Å². The van der Waals surface area contributed by atoms with Gasteiger partial charge in [0.15, 0.2) is 5.82 Å². The van der Waals surface area contributed by atoms with Gasteiger partial charge in [-0.3, -0.25) is 5.10 Å². The van der Waals surface area contributed by atoms with E-state index >= 15 is 0 Å². The fourth-order valence-electron chi connectivity index (χ4n) is 0.574. The van der Waals surface area contributed by atoms with Crippen LogP contribution < -0.4 is 0 Å². The molecule has 1 aromatic heterocycles. The van der Waals surface area contributed by atoms with Crippen molar-refractivity contribution in [2.24, 2.45) is 0 Å². The summed E-state index contributed by atoms with van der Waals surface area (Å²) in [6.45, 7) is 0.605. The fraction of sp³-hybridized carbons (Fsp3) is 0.600. The van der Waals surface area contributed by atoms with E-state index in [2.05, 4.69) is 10.1 Å². The van der Waals surface area contributed by atoms with E-state index < -0.39 is 17.6 Å². The Morgan fingerprint density at radius 3 is 2.42 bits per heavy atom. The van der Waals surface area contributed by atoms with Crippen LogP contribution in [-0.4, -0.2) is 26.5 Å². The highest BCUT2D eigenvalue weighted by Gasteiger charge is 2.53. The molecule has 1 rings (SSSR count). The van der Waals surface area contributed by atoms with Crippen molar-refractivity contribution in [1.29, 1.82) is 0 Å². The number of H-pyrrole nitrogens is 1. The molecular formula is C5H6F3N3O. The Balaban J connectivity index is 3.02. The zero-order chi connectivity index (χ0) is 9.41. The van der Waals surface area contributed by atoms with Crippen molar-refractivity contribution in [2.45, 2.75) is 18.7 Å². The second-order valence-electron chi connectivity index (χ2n) is 2.40. The molecule has 0 aliphatic heterocycles. The Kier molecular flexibility index (Phi) is 1.83. The van der Waals surface area contributed by atoms with E-state index in [-0.39, 0.29) is 0 Å². The summed E-state index contributed by atoms with van der Waals surface area (Å²) in [6, 6.07) is 0. The van der Waals surface area contributed by atoms with Crippen molar-refractivity contribution in [3.05, 3.63) is 12.2 Å². The third-order valence-corrected chi connectivity index (χ3v) is 1.43. The molecule has 0 aliphatic rings. The van der Waals surface area contributed by atoms with Crippen LogP contribution in [0, 0.1) is 0 Å². The van der Waals surface area contributed by atoms with Crippen LogP contribution in [0.25, 0.3) is 0 Å². The number of hydrogen-bond donors (Lipinski definition) is 2. The van der Waals surface area contributed by atoms with Gasteiger partial charge in [0.25, 0.3) is 0 Å². The largest absolute Gasteiger partial charge is 0.424 e. The highest BCUT2D eigenvalue weighted by Crippen LogP contribution is 2.36. The number of halogens is 3. The molecule has 2 N–H and O–H groups in total. The predicted molar refractivity (Wildman–Crippen MR) is 32.0 cm³/mol. The number of aromatic amines is 1. The maximum Gasteiger partial charge on any atom is 0.424 e. The van der Waals surface area contributed by atoms with Crippen LogP contribution in [0.1, 0.15) is 12.7 Å². The highest BCUT2D eigenvalue weighted by molar-refractivity contribution is 5.00. The van der Waals surface area contributed by atoms with E-state index in [0.717, 1.165) is 6.33 Å². The monoisotopic (exact) mass is 181 g/mol. The first-order valence-electron chi connectivity index (χ1n) is 3.00. The molecule has 0 spiro atoms. The molecule has 0 saturated carbocycles. The molecule has 4 nitrogen and oxygen atoms in total. The molecular weight excluding hydrogens is 175 g/mol. The van der Waals surface area contributed by atoms with Gasteiger partial charge in [0.2, 0.25) is 5.60 Å². The van der Waals surface area contributed by atoms with Crippen molar-refractivity contribution >= 4 is 0 Å². The normalized spacial score (nSPS) is 17.4. The maximum atomic E-state index is 12.1. The molecule has 0 amide bonds. The summed E-state index contributed by atoms with van der Waals surface area (Å²) in [5.74, 6) is -0.616. The smallest absolute Gasteiger partial charge is 0.374 e. The van der Waals surface area contributed by atoms with E-state index in [1.807, 2.05) is 5.10 Å². The van der Waals surface area contributed by atoms with Gasteiger partial charge >= 0.3 is 6.18 Å². The molecule has 7 heteroatoms. The van der Waals surface area contributed by atoms with E-state index in [1.54, 1.807) is 0 Å². The molecule has 1 unspecified atom stereocenters. The first kappa shape index (κ1) is 8.98. The maximum absolute atomic E-state index is 12.1. The van der Waals surface area contributed by atoms with Gasteiger partial charge in [-0.25, -0.2) is 4.98 Å². The average molecular weight is 181 g/mol. The van der Waals surface area contributed by atoms with E-state index in [1.165, 1.54) is 0 Å². The van der Waals surface area contributed by atoms with Crippen LogP contribution in [-0.2, 0) is 5.60 Å². The molecule has 0 radical (unpaired) electrons. The quantitative estimate of drug-likeness (QED) is 0.665. The zero-order valence-electron chi connectivity index (χ0n) is 6.05. The summed E-state index contributed by atoms with van der Waals surface area (Å²) in [5, 5.41) is 14.1. The lowest BCUT2D eigenvalue weighted by molar-refractivity contribution is -0.261. The molecule has 0 aromatic carbocycles. The SMILES string of the molecule is CC(O)(c1ncn[nH]1)C(F)(F)F. The zero-order valence-corrected chi connectivity index (χ0v) is 6.05. The second-order valence-corrected chi connectivity index (χ2v) is 2.40. The molecule has 1 atom stereocenters. The number of alkyl halides is 3. The molecule has 0 aliphatic carbocycles. The lowest BCUT2D eigenvalue weighted by atomic mass is 10.1. The highest BCUT2D eigenvalue weighted by atomic mass is 19.4. The van der Waals surface area contributed by atoms with Gasteiger partial charge in [-0.05, 0) is 6.92 Å². The Labute approximate surface area is 65.4 Å². The van der Waals surface area contributed by atoms with Gasteiger partial charge in [-0.1, -0.05) is 0 Å². The van der Waals surface area contributed by atoms with Crippen molar-refractivity contribution in [1.82, 2.24) is 15.2 Å².